The maximum Gasteiger partial charge on any atom is 0.326 e. The molecular weight excluding hydrogens is 288 g/mol. The molecule has 2 saturated heterocycles. The lowest BCUT2D eigenvalue weighted by molar-refractivity contribution is -0.128. The summed E-state index contributed by atoms with van der Waals surface area (Å²) in [5.41, 5.74) is 0. The molecule has 8 heteroatoms. The number of nitrogens with zero attached hydrogens (tertiary/aromatic N) is 2. The van der Waals surface area contributed by atoms with Gasteiger partial charge >= 0.3 is 12.1 Å². The summed E-state index contributed by atoms with van der Waals surface area (Å²) < 4.78 is 0. The average Bonchev–Trinajstić information content (AvgIpc) is 2.84. The molecule has 2 atom stereocenters. The van der Waals surface area contributed by atoms with E-state index in [-0.39, 0.29) is 47.8 Å². The van der Waals surface area contributed by atoms with Crippen molar-refractivity contribution < 1.29 is 19.2 Å². The van der Waals surface area contributed by atoms with Crippen LogP contribution >= 0.6 is 0 Å². The van der Waals surface area contributed by atoms with E-state index in [0.29, 0.717) is 0 Å². The lowest BCUT2D eigenvalue weighted by Gasteiger charge is -2.19. The first kappa shape index (κ1) is 17.9. The standard InChI is InChI=1S/C8H14N2O2.C6H10N2O2/c1-5(2)6-7(11)10(4)8(12)9(6)3;1-3(2)4-5(9)8-6(10)7-4/h5-6H,1-4H3;3-4H,1-2H3,(H2,7,8,9,10). The maximum atomic E-state index is 11.4. The highest BCUT2D eigenvalue weighted by Crippen LogP contribution is 2.19. The second-order valence-corrected chi connectivity index (χ2v) is 6.16. The first-order chi connectivity index (χ1) is 10.1. The Kier molecular flexibility index (Phi) is 5.51. The first-order valence-corrected chi connectivity index (χ1v) is 7.23. The van der Waals surface area contributed by atoms with E-state index in [1.807, 2.05) is 27.7 Å². The van der Waals surface area contributed by atoms with Gasteiger partial charge < -0.3 is 10.2 Å². The zero-order valence-corrected chi connectivity index (χ0v) is 13.8. The normalized spacial score (nSPS) is 24.7. The van der Waals surface area contributed by atoms with E-state index in [2.05, 4.69) is 10.6 Å². The van der Waals surface area contributed by atoms with Gasteiger partial charge in [-0.2, -0.15) is 0 Å². The van der Waals surface area contributed by atoms with Crippen molar-refractivity contribution in [3.8, 4) is 0 Å². The molecule has 2 fully saturated rings. The summed E-state index contributed by atoms with van der Waals surface area (Å²) in [6.45, 7) is 7.64. The molecule has 2 unspecified atom stereocenters. The molecule has 0 aliphatic carbocycles. The van der Waals surface area contributed by atoms with Crippen LogP contribution in [-0.2, 0) is 9.59 Å². The number of carbonyl (C=O) groups excluding carboxylic acids is 4. The second-order valence-electron chi connectivity index (χ2n) is 6.16. The molecule has 0 aromatic rings. The van der Waals surface area contributed by atoms with Crippen molar-refractivity contribution in [2.75, 3.05) is 14.1 Å². The van der Waals surface area contributed by atoms with Crippen molar-refractivity contribution in [2.45, 2.75) is 39.8 Å². The van der Waals surface area contributed by atoms with Crippen molar-refractivity contribution in [3.63, 3.8) is 0 Å². The largest absolute Gasteiger partial charge is 0.326 e. The van der Waals surface area contributed by atoms with Crippen molar-refractivity contribution in [1.82, 2.24) is 20.4 Å². The van der Waals surface area contributed by atoms with Crippen LogP contribution in [0.3, 0.4) is 0 Å². The van der Waals surface area contributed by atoms with Crippen molar-refractivity contribution >= 4 is 23.9 Å². The number of likely N-dealkylation sites (N-methyl/N-ethyl adjacent to an activating group) is 2. The molecule has 2 heterocycles. The molecule has 0 aromatic carbocycles. The molecule has 6 amide bonds. The zero-order valence-electron chi connectivity index (χ0n) is 13.8. The van der Waals surface area contributed by atoms with Gasteiger partial charge in [0, 0.05) is 14.1 Å². The van der Waals surface area contributed by atoms with E-state index in [9.17, 15) is 19.2 Å². The van der Waals surface area contributed by atoms with Crippen LogP contribution in [0.4, 0.5) is 9.59 Å². The summed E-state index contributed by atoms with van der Waals surface area (Å²) in [5, 5.41) is 4.66. The fraction of sp³-hybridized carbons (Fsp3) is 0.714. The smallest absolute Gasteiger partial charge is 0.326 e. The van der Waals surface area contributed by atoms with Crippen LogP contribution in [0.2, 0.25) is 0 Å². The Labute approximate surface area is 130 Å². The van der Waals surface area contributed by atoms with E-state index < -0.39 is 0 Å². The van der Waals surface area contributed by atoms with Crippen LogP contribution in [0, 0.1) is 11.8 Å². The molecule has 2 rings (SSSR count). The molecule has 0 bridgehead atoms. The molecule has 2 aliphatic heterocycles. The lowest BCUT2D eigenvalue weighted by atomic mass is 10.0. The predicted molar refractivity (Wildman–Crippen MR) is 79.9 cm³/mol. The summed E-state index contributed by atoms with van der Waals surface area (Å²) in [5.74, 6) is 0.0142. The SMILES string of the molecule is CC(C)C1C(=O)N(C)C(=O)N1C.CC(C)C1NC(=O)NC1=O. The molecule has 2 N–H and O–H groups in total. The van der Waals surface area contributed by atoms with E-state index in [1.54, 1.807) is 7.05 Å². The number of carbonyl (C=O) groups is 4. The Morgan fingerprint density at radius 3 is 1.68 bits per heavy atom. The number of hydrogen-bond acceptors (Lipinski definition) is 4. The number of nitrogens with one attached hydrogen (secondary N) is 2. The zero-order chi connectivity index (χ0) is 17.2. The van der Waals surface area contributed by atoms with Gasteiger partial charge in [-0.25, -0.2) is 9.59 Å². The molecule has 0 aromatic heterocycles. The van der Waals surface area contributed by atoms with Crippen LogP contribution in [0.15, 0.2) is 0 Å². The summed E-state index contributed by atoms with van der Waals surface area (Å²) in [7, 11) is 3.18. The van der Waals surface area contributed by atoms with Crippen molar-refractivity contribution in [1.29, 1.82) is 0 Å². The van der Waals surface area contributed by atoms with Crippen molar-refractivity contribution in [2.24, 2.45) is 11.8 Å². The monoisotopic (exact) mass is 312 g/mol. The van der Waals surface area contributed by atoms with Crippen LogP contribution in [-0.4, -0.2) is 59.9 Å². The minimum absolute atomic E-state index is 0.0995. The van der Waals surface area contributed by atoms with E-state index in [0.717, 1.165) is 0 Å². The maximum absolute atomic E-state index is 11.4. The Morgan fingerprint density at radius 1 is 0.955 bits per heavy atom. The van der Waals surface area contributed by atoms with E-state index >= 15 is 0 Å². The molecule has 2 aliphatic rings. The van der Waals surface area contributed by atoms with Gasteiger partial charge in [0.05, 0.1) is 0 Å². The number of urea groups is 2. The van der Waals surface area contributed by atoms with Gasteiger partial charge in [-0.15, -0.1) is 0 Å². The van der Waals surface area contributed by atoms with E-state index in [4.69, 9.17) is 0 Å². The number of hydrogen-bond donors (Lipinski definition) is 2. The fourth-order valence-electron chi connectivity index (χ4n) is 2.45. The Bertz CT molecular complexity index is 489. The van der Waals surface area contributed by atoms with Gasteiger partial charge in [-0.05, 0) is 11.8 Å². The fourth-order valence-corrected chi connectivity index (χ4v) is 2.45. The summed E-state index contributed by atoms with van der Waals surface area (Å²) in [6.07, 6.45) is 0. The minimum atomic E-state index is -0.385. The predicted octanol–water partition coefficient (Wildman–Crippen LogP) is 0.385. The highest BCUT2D eigenvalue weighted by molar-refractivity contribution is 6.04. The minimum Gasteiger partial charge on any atom is -0.326 e. The number of rotatable bonds is 2. The number of amides is 6. The van der Waals surface area contributed by atoms with Gasteiger partial charge in [0.15, 0.2) is 0 Å². The highest BCUT2D eigenvalue weighted by Gasteiger charge is 2.42. The van der Waals surface area contributed by atoms with Gasteiger partial charge in [-0.3, -0.25) is 19.8 Å². The summed E-state index contributed by atoms with van der Waals surface area (Å²) in [6, 6.07) is -1.21. The lowest BCUT2D eigenvalue weighted by Crippen LogP contribution is -2.35. The van der Waals surface area contributed by atoms with Gasteiger partial charge in [-0.1, -0.05) is 27.7 Å². The van der Waals surface area contributed by atoms with Crippen LogP contribution < -0.4 is 10.6 Å². The van der Waals surface area contributed by atoms with Gasteiger partial charge in [0.25, 0.3) is 11.8 Å². The summed E-state index contributed by atoms with van der Waals surface area (Å²) >= 11 is 0. The molecule has 0 radical (unpaired) electrons. The third-order valence-corrected chi connectivity index (χ3v) is 3.69. The molecule has 0 spiro atoms. The Balaban J connectivity index is 0.000000224. The third kappa shape index (κ3) is 3.55. The molecule has 22 heavy (non-hydrogen) atoms. The molecular formula is C14H24N4O4. The van der Waals surface area contributed by atoms with Crippen LogP contribution in [0.25, 0.3) is 0 Å². The first-order valence-electron chi connectivity index (χ1n) is 7.23. The Morgan fingerprint density at radius 2 is 1.50 bits per heavy atom. The third-order valence-electron chi connectivity index (χ3n) is 3.69. The van der Waals surface area contributed by atoms with Crippen molar-refractivity contribution in [3.05, 3.63) is 0 Å². The van der Waals surface area contributed by atoms with Crippen LogP contribution in [0.5, 0.6) is 0 Å². The van der Waals surface area contributed by atoms with Gasteiger partial charge in [0.1, 0.15) is 12.1 Å². The Hall–Kier alpha value is -2.12. The highest BCUT2D eigenvalue weighted by atomic mass is 16.2. The molecule has 8 nitrogen and oxygen atoms in total. The topological polar surface area (TPSA) is 98.8 Å². The quantitative estimate of drug-likeness (QED) is 0.720. The average molecular weight is 312 g/mol. The molecule has 124 valence electrons. The molecule has 0 saturated carbocycles. The summed E-state index contributed by atoms with van der Waals surface area (Å²) in [4.78, 5) is 46.7. The number of imide groups is 2. The second kappa shape index (κ2) is 6.76. The van der Waals surface area contributed by atoms with Gasteiger partial charge in [0.2, 0.25) is 0 Å². The van der Waals surface area contributed by atoms with Crippen LogP contribution in [0.1, 0.15) is 27.7 Å². The van der Waals surface area contributed by atoms with E-state index in [1.165, 1.54) is 16.8 Å².